The molecule has 0 bridgehead atoms. The summed E-state index contributed by atoms with van der Waals surface area (Å²) in [7, 11) is 0. The Labute approximate surface area is 209 Å². The van der Waals surface area contributed by atoms with Crippen LogP contribution in [0.4, 0.5) is 0 Å². The highest BCUT2D eigenvalue weighted by atomic mass is 32.2. The lowest BCUT2D eigenvalue weighted by Crippen LogP contribution is -2.32. The molecule has 34 heavy (non-hydrogen) atoms. The van der Waals surface area contributed by atoms with Gasteiger partial charge in [-0.15, -0.1) is 23.1 Å². The zero-order valence-corrected chi connectivity index (χ0v) is 22.3. The number of ether oxygens (including phenoxy) is 2. The summed E-state index contributed by atoms with van der Waals surface area (Å²) >= 11 is 3.47. The van der Waals surface area contributed by atoms with Gasteiger partial charge in [-0.1, -0.05) is 26.0 Å². The van der Waals surface area contributed by atoms with Gasteiger partial charge < -0.3 is 9.47 Å². The molecule has 5 nitrogen and oxygen atoms in total. The molecule has 0 aliphatic carbocycles. The first kappa shape index (κ1) is 23.5. The third-order valence-corrected chi connectivity index (χ3v) is 8.31. The van der Waals surface area contributed by atoms with Crippen molar-refractivity contribution in [3.8, 4) is 5.75 Å². The maximum absolute atomic E-state index is 6.18. The second kappa shape index (κ2) is 9.10. The Morgan fingerprint density at radius 2 is 1.85 bits per heavy atom. The smallest absolute Gasteiger partial charge is 0.126 e. The fourth-order valence-electron chi connectivity index (χ4n) is 4.48. The van der Waals surface area contributed by atoms with Gasteiger partial charge in [-0.05, 0) is 56.9 Å². The molecule has 0 saturated heterocycles. The average Bonchev–Trinajstić information content (AvgIpc) is 3.16. The van der Waals surface area contributed by atoms with Crippen LogP contribution in [0.2, 0.25) is 0 Å². The van der Waals surface area contributed by atoms with Crippen LogP contribution in [0.15, 0.2) is 35.6 Å². The molecule has 0 fully saturated rings. The molecule has 0 N–H and O–H groups in total. The van der Waals surface area contributed by atoms with E-state index < -0.39 is 0 Å². The number of hydrogen-bond donors (Lipinski definition) is 0. The van der Waals surface area contributed by atoms with Crippen molar-refractivity contribution in [2.45, 2.75) is 83.0 Å². The lowest BCUT2D eigenvalue weighted by molar-refractivity contribution is -0.0402. The van der Waals surface area contributed by atoms with E-state index in [4.69, 9.17) is 19.4 Å². The minimum Gasteiger partial charge on any atom is -0.491 e. The number of thiophene rings is 1. The van der Waals surface area contributed by atoms with E-state index in [0.29, 0.717) is 12.5 Å². The van der Waals surface area contributed by atoms with Gasteiger partial charge in [0, 0.05) is 23.1 Å². The van der Waals surface area contributed by atoms with Crippen LogP contribution in [0.25, 0.3) is 20.4 Å². The molecule has 4 aromatic rings. The quantitative estimate of drug-likeness (QED) is 0.208. The van der Waals surface area contributed by atoms with E-state index in [1.165, 1.54) is 22.1 Å². The maximum Gasteiger partial charge on any atom is 0.126 e. The highest BCUT2D eigenvalue weighted by Crippen LogP contribution is 2.44. The standard InChI is InChI=1S/C27H31N3O2S2/c1-15(2)22-20-12-31-27(5,6)11-19(20)21-23-24(34-25(21)30-22)26(29-14-28-23)33-13-17-7-9-18(10-8-17)32-16(3)4/h7-10,14-16H,11-13H2,1-6H3. The van der Waals surface area contributed by atoms with Crippen molar-refractivity contribution in [2.24, 2.45) is 0 Å². The summed E-state index contributed by atoms with van der Waals surface area (Å²) in [4.78, 5) is 15.6. The summed E-state index contributed by atoms with van der Waals surface area (Å²) in [5.41, 5.74) is 5.82. The molecular weight excluding hydrogens is 462 g/mol. The highest BCUT2D eigenvalue weighted by molar-refractivity contribution is 7.98. The van der Waals surface area contributed by atoms with E-state index in [0.717, 1.165) is 43.7 Å². The predicted octanol–water partition coefficient (Wildman–Crippen LogP) is 7.29. The fourth-order valence-corrected chi connectivity index (χ4v) is 6.68. The van der Waals surface area contributed by atoms with E-state index in [1.807, 2.05) is 26.0 Å². The molecule has 7 heteroatoms. The van der Waals surface area contributed by atoms with Gasteiger partial charge in [0.2, 0.25) is 0 Å². The van der Waals surface area contributed by atoms with Crippen molar-refractivity contribution in [2.75, 3.05) is 0 Å². The fraction of sp³-hybridized carbons (Fsp3) is 0.444. The summed E-state index contributed by atoms with van der Waals surface area (Å²) in [5, 5.41) is 2.21. The molecule has 3 aromatic heterocycles. The van der Waals surface area contributed by atoms with Gasteiger partial charge in [0.15, 0.2) is 0 Å². The topological polar surface area (TPSA) is 57.1 Å². The predicted molar refractivity (Wildman–Crippen MR) is 141 cm³/mol. The lowest BCUT2D eigenvalue weighted by atomic mass is 9.87. The first-order valence-electron chi connectivity index (χ1n) is 11.8. The Morgan fingerprint density at radius 3 is 2.56 bits per heavy atom. The highest BCUT2D eigenvalue weighted by Gasteiger charge is 2.32. The molecule has 0 radical (unpaired) electrons. The van der Waals surface area contributed by atoms with E-state index in [-0.39, 0.29) is 11.7 Å². The van der Waals surface area contributed by atoms with Gasteiger partial charge in [0.25, 0.3) is 0 Å². The molecule has 1 aromatic carbocycles. The zero-order valence-electron chi connectivity index (χ0n) is 20.6. The van der Waals surface area contributed by atoms with Crippen LogP contribution in [0.3, 0.4) is 0 Å². The van der Waals surface area contributed by atoms with E-state index in [1.54, 1.807) is 29.4 Å². The van der Waals surface area contributed by atoms with Crippen LogP contribution in [-0.4, -0.2) is 26.7 Å². The number of hydrogen-bond acceptors (Lipinski definition) is 7. The van der Waals surface area contributed by atoms with Crippen molar-refractivity contribution in [3.05, 3.63) is 53.0 Å². The normalized spacial score (nSPS) is 15.4. The van der Waals surface area contributed by atoms with E-state index >= 15 is 0 Å². The Hall–Kier alpha value is -2.22. The van der Waals surface area contributed by atoms with Gasteiger partial charge in [-0.25, -0.2) is 15.0 Å². The van der Waals surface area contributed by atoms with Gasteiger partial charge in [-0.3, -0.25) is 0 Å². The van der Waals surface area contributed by atoms with Crippen molar-refractivity contribution in [3.63, 3.8) is 0 Å². The number of thioether (sulfide) groups is 1. The van der Waals surface area contributed by atoms with Crippen molar-refractivity contribution < 1.29 is 9.47 Å². The number of rotatable bonds is 6. The first-order chi connectivity index (χ1) is 16.2. The Bertz CT molecular complexity index is 1340. The second-order valence-electron chi connectivity index (χ2n) is 10.1. The maximum atomic E-state index is 6.18. The Kier molecular flexibility index (Phi) is 6.29. The zero-order chi connectivity index (χ0) is 24.0. The summed E-state index contributed by atoms with van der Waals surface area (Å²) in [6.45, 7) is 13.4. The number of nitrogens with zero attached hydrogens (tertiary/aromatic N) is 3. The van der Waals surface area contributed by atoms with Gasteiger partial charge in [-0.2, -0.15) is 0 Å². The Balaban J connectivity index is 1.53. The molecule has 1 aliphatic rings. The van der Waals surface area contributed by atoms with Crippen LogP contribution in [-0.2, 0) is 23.5 Å². The summed E-state index contributed by atoms with van der Waals surface area (Å²) in [5.74, 6) is 2.09. The second-order valence-corrected chi connectivity index (χ2v) is 12.0. The molecule has 0 saturated carbocycles. The van der Waals surface area contributed by atoms with E-state index in [9.17, 15) is 0 Å². The van der Waals surface area contributed by atoms with Gasteiger partial charge >= 0.3 is 0 Å². The lowest BCUT2D eigenvalue weighted by Gasteiger charge is -2.33. The van der Waals surface area contributed by atoms with Crippen molar-refractivity contribution in [1.82, 2.24) is 15.0 Å². The molecule has 178 valence electrons. The van der Waals surface area contributed by atoms with Crippen molar-refractivity contribution >= 4 is 43.5 Å². The van der Waals surface area contributed by atoms with Gasteiger partial charge in [0.1, 0.15) is 21.9 Å². The van der Waals surface area contributed by atoms with Crippen LogP contribution in [0.1, 0.15) is 69.8 Å². The minimum absolute atomic E-state index is 0.176. The summed E-state index contributed by atoms with van der Waals surface area (Å²) in [6, 6.07) is 8.34. The molecular formula is C27H31N3O2S2. The molecule has 0 atom stereocenters. The van der Waals surface area contributed by atoms with Crippen LogP contribution >= 0.6 is 23.1 Å². The SMILES string of the molecule is CC(C)Oc1ccc(CSc2ncnc3c2sc2nc(C(C)C)c4c(c23)CC(C)(C)OC4)cc1. The molecule has 0 spiro atoms. The van der Waals surface area contributed by atoms with E-state index in [2.05, 4.69) is 44.8 Å². The Morgan fingerprint density at radius 1 is 1.09 bits per heavy atom. The largest absolute Gasteiger partial charge is 0.491 e. The third-order valence-electron chi connectivity index (χ3n) is 6.05. The molecule has 5 rings (SSSR count). The minimum atomic E-state index is -0.195. The average molecular weight is 494 g/mol. The number of pyridine rings is 1. The van der Waals surface area contributed by atoms with Crippen molar-refractivity contribution in [1.29, 1.82) is 0 Å². The molecule has 1 aliphatic heterocycles. The number of benzene rings is 1. The molecule has 4 heterocycles. The number of aromatic nitrogens is 3. The summed E-state index contributed by atoms with van der Waals surface area (Å²) < 4.78 is 13.1. The van der Waals surface area contributed by atoms with Crippen LogP contribution in [0, 0.1) is 0 Å². The first-order valence-corrected chi connectivity index (χ1v) is 13.6. The monoisotopic (exact) mass is 493 g/mol. The van der Waals surface area contributed by atoms with Crippen LogP contribution < -0.4 is 4.74 Å². The third kappa shape index (κ3) is 4.53. The van der Waals surface area contributed by atoms with Crippen LogP contribution in [0.5, 0.6) is 5.75 Å². The molecule has 0 unspecified atom stereocenters. The summed E-state index contributed by atoms with van der Waals surface area (Å²) in [6.07, 6.45) is 2.74. The molecule has 0 amide bonds. The van der Waals surface area contributed by atoms with Gasteiger partial charge in [0.05, 0.1) is 34.2 Å². The number of fused-ring (bicyclic) bond motifs is 5.